The fourth-order valence-corrected chi connectivity index (χ4v) is 3.93. The number of hydrogen-bond acceptors (Lipinski definition) is 4. The molecule has 0 radical (unpaired) electrons. The summed E-state index contributed by atoms with van der Waals surface area (Å²) in [6.07, 6.45) is 1.85. The predicted molar refractivity (Wildman–Crippen MR) is 138 cm³/mol. The number of nitrogens with zero attached hydrogens (tertiary/aromatic N) is 1. The Labute approximate surface area is 206 Å². The van der Waals surface area contributed by atoms with Gasteiger partial charge in [-0.15, -0.1) is 24.0 Å². The summed E-state index contributed by atoms with van der Waals surface area (Å²) in [7, 11) is 3.40. The zero-order chi connectivity index (χ0) is 21.4. The first-order valence-corrected chi connectivity index (χ1v) is 10.6. The molecule has 0 saturated carbocycles. The number of benzene rings is 2. The molecule has 3 rings (SSSR count). The van der Waals surface area contributed by atoms with E-state index in [1.807, 2.05) is 37.3 Å². The molecule has 0 aromatic heterocycles. The quantitative estimate of drug-likeness (QED) is 0.281. The maximum Gasteiger partial charge on any atom is 0.195 e. The highest BCUT2D eigenvalue weighted by molar-refractivity contribution is 14.0. The Hall–Kier alpha value is -1.71. The van der Waals surface area contributed by atoms with Crippen LogP contribution in [0.4, 0.5) is 5.69 Å². The summed E-state index contributed by atoms with van der Waals surface area (Å²) < 4.78 is 16.7. The molecule has 0 spiro atoms. The van der Waals surface area contributed by atoms with Crippen molar-refractivity contribution in [1.29, 1.82) is 0 Å². The second kappa shape index (κ2) is 12.4. The van der Waals surface area contributed by atoms with Gasteiger partial charge < -0.3 is 24.8 Å². The molecule has 1 fully saturated rings. The molecule has 6 nitrogen and oxygen atoms in total. The molecule has 1 heterocycles. The van der Waals surface area contributed by atoms with Crippen LogP contribution < -0.4 is 20.1 Å². The second-order valence-corrected chi connectivity index (χ2v) is 7.69. The summed E-state index contributed by atoms with van der Waals surface area (Å²) in [4.78, 5) is 4.39. The number of halogens is 2. The van der Waals surface area contributed by atoms with Crippen molar-refractivity contribution >= 4 is 47.2 Å². The minimum Gasteiger partial charge on any atom is -0.493 e. The molecule has 0 unspecified atom stereocenters. The minimum atomic E-state index is -0.0584. The summed E-state index contributed by atoms with van der Waals surface area (Å²) >= 11 is 6.28. The molecular formula is C23H31ClIN3O3. The van der Waals surface area contributed by atoms with E-state index in [0.29, 0.717) is 24.1 Å². The first-order chi connectivity index (χ1) is 14.6. The number of rotatable bonds is 7. The lowest BCUT2D eigenvalue weighted by molar-refractivity contribution is 0.0514. The van der Waals surface area contributed by atoms with Crippen LogP contribution in [0.25, 0.3) is 0 Å². The summed E-state index contributed by atoms with van der Waals surface area (Å²) in [6.45, 7) is 4.71. The van der Waals surface area contributed by atoms with E-state index in [4.69, 9.17) is 25.8 Å². The molecule has 0 aliphatic carbocycles. The molecule has 31 heavy (non-hydrogen) atoms. The van der Waals surface area contributed by atoms with Gasteiger partial charge in [0.05, 0.1) is 13.7 Å². The zero-order valence-corrected chi connectivity index (χ0v) is 21.3. The van der Waals surface area contributed by atoms with Gasteiger partial charge in [-0.2, -0.15) is 0 Å². The highest BCUT2D eigenvalue weighted by Crippen LogP contribution is 2.35. The summed E-state index contributed by atoms with van der Waals surface area (Å²) in [5.74, 6) is 2.09. The number of aliphatic imine (C=N–C) groups is 1. The molecule has 2 aromatic rings. The third kappa shape index (κ3) is 6.63. The van der Waals surface area contributed by atoms with E-state index in [1.165, 1.54) is 5.56 Å². The number of nitrogens with one attached hydrogen (secondary N) is 2. The summed E-state index contributed by atoms with van der Waals surface area (Å²) in [5, 5.41) is 7.59. The lowest BCUT2D eigenvalue weighted by Crippen LogP contribution is -2.46. The van der Waals surface area contributed by atoms with Crippen LogP contribution in [0.1, 0.15) is 25.3 Å². The number of methoxy groups -OCH3 is 1. The van der Waals surface area contributed by atoms with Crippen molar-refractivity contribution in [3.63, 3.8) is 0 Å². The first-order valence-electron chi connectivity index (χ1n) is 10.2. The second-order valence-electron chi connectivity index (χ2n) is 7.25. The Kier molecular flexibility index (Phi) is 10.2. The lowest BCUT2D eigenvalue weighted by Gasteiger charge is -2.38. The molecule has 0 amide bonds. The third-order valence-corrected chi connectivity index (χ3v) is 5.67. The molecule has 0 bridgehead atoms. The topological polar surface area (TPSA) is 64.1 Å². The third-order valence-electron chi connectivity index (χ3n) is 5.43. The Morgan fingerprint density at radius 3 is 2.58 bits per heavy atom. The van der Waals surface area contributed by atoms with Gasteiger partial charge in [-0.3, -0.25) is 4.99 Å². The lowest BCUT2D eigenvalue weighted by atomic mass is 9.74. The van der Waals surface area contributed by atoms with Crippen LogP contribution in [-0.4, -0.2) is 46.5 Å². The van der Waals surface area contributed by atoms with Crippen LogP contribution in [0.15, 0.2) is 47.5 Å². The Bertz CT molecular complexity index is 873. The molecule has 1 aliphatic heterocycles. The highest BCUT2D eigenvalue weighted by atomic mass is 127. The summed E-state index contributed by atoms with van der Waals surface area (Å²) in [6, 6.07) is 13.9. The Balaban J connectivity index is 0.00000341. The normalized spacial score (nSPS) is 15.5. The van der Waals surface area contributed by atoms with Crippen molar-refractivity contribution in [3.05, 3.63) is 53.1 Å². The van der Waals surface area contributed by atoms with Crippen LogP contribution in [0.2, 0.25) is 5.02 Å². The molecule has 8 heteroatoms. The van der Waals surface area contributed by atoms with Crippen LogP contribution in [0, 0.1) is 0 Å². The van der Waals surface area contributed by atoms with Gasteiger partial charge in [-0.05, 0) is 49.6 Å². The van der Waals surface area contributed by atoms with Gasteiger partial charge in [0.25, 0.3) is 0 Å². The van der Waals surface area contributed by atoms with Gasteiger partial charge in [-0.25, -0.2) is 0 Å². The first kappa shape index (κ1) is 25.5. The monoisotopic (exact) mass is 559 g/mol. The predicted octanol–water partition coefficient (Wildman–Crippen LogP) is 5.10. The molecule has 0 atom stereocenters. The Morgan fingerprint density at radius 2 is 1.94 bits per heavy atom. The van der Waals surface area contributed by atoms with E-state index < -0.39 is 0 Å². The smallest absolute Gasteiger partial charge is 0.195 e. The van der Waals surface area contributed by atoms with Crippen molar-refractivity contribution < 1.29 is 14.2 Å². The molecule has 2 aromatic carbocycles. The van der Waals surface area contributed by atoms with Crippen molar-refractivity contribution in [3.8, 4) is 11.5 Å². The highest BCUT2D eigenvalue weighted by Gasteiger charge is 2.34. The van der Waals surface area contributed by atoms with Gasteiger partial charge in [0.2, 0.25) is 0 Å². The standard InChI is InChI=1S/C23H30ClN3O3.HI/c1-4-30-21-15-19(8-9-20(21)28-3)27-22(25-2)26-16-23(10-12-29-13-11-23)17-6-5-7-18(24)14-17;/h5-9,14-15H,4,10-13,16H2,1-3H3,(H2,25,26,27);1H. The Morgan fingerprint density at radius 1 is 1.16 bits per heavy atom. The SMILES string of the molecule is CCOc1cc(NC(=NC)NCC2(c3cccc(Cl)c3)CCOCC2)ccc1OC.I. The fourth-order valence-electron chi connectivity index (χ4n) is 3.74. The number of ether oxygens (including phenoxy) is 3. The molecule has 170 valence electrons. The van der Waals surface area contributed by atoms with E-state index >= 15 is 0 Å². The largest absolute Gasteiger partial charge is 0.493 e. The minimum absolute atomic E-state index is 0. The van der Waals surface area contributed by atoms with Crippen molar-refractivity contribution in [2.45, 2.75) is 25.2 Å². The van der Waals surface area contributed by atoms with E-state index in [-0.39, 0.29) is 29.4 Å². The molecule has 1 aliphatic rings. The van der Waals surface area contributed by atoms with Crippen LogP contribution >= 0.6 is 35.6 Å². The van der Waals surface area contributed by atoms with Gasteiger partial charge in [0.1, 0.15) is 0 Å². The van der Waals surface area contributed by atoms with Gasteiger partial charge in [0, 0.05) is 49.0 Å². The van der Waals surface area contributed by atoms with Crippen molar-refractivity contribution in [1.82, 2.24) is 5.32 Å². The number of hydrogen-bond donors (Lipinski definition) is 2. The summed E-state index contributed by atoms with van der Waals surface area (Å²) in [5.41, 5.74) is 2.04. The molecule has 1 saturated heterocycles. The van der Waals surface area contributed by atoms with Gasteiger partial charge in [0.15, 0.2) is 17.5 Å². The molecular weight excluding hydrogens is 529 g/mol. The van der Waals surface area contributed by atoms with E-state index in [1.54, 1.807) is 14.2 Å². The van der Waals surface area contributed by atoms with E-state index in [2.05, 4.69) is 27.8 Å². The van der Waals surface area contributed by atoms with Crippen molar-refractivity contribution in [2.24, 2.45) is 4.99 Å². The average Bonchev–Trinajstić information content (AvgIpc) is 2.77. The maximum absolute atomic E-state index is 6.28. The van der Waals surface area contributed by atoms with E-state index in [0.717, 1.165) is 43.3 Å². The van der Waals surface area contributed by atoms with Crippen molar-refractivity contribution in [2.75, 3.05) is 45.8 Å². The fraction of sp³-hybridized carbons (Fsp3) is 0.435. The van der Waals surface area contributed by atoms with Crippen LogP contribution in [-0.2, 0) is 10.2 Å². The van der Waals surface area contributed by atoms with Crippen LogP contribution in [0.3, 0.4) is 0 Å². The zero-order valence-electron chi connectivity index (χ0n) is 18.2. The number of guanidine groups is 1. The molecule has 2 N–H and O–H groups in total. The number of anilines is 1. The van der Waals surface area contributed by atoms with Gasteiger partial charge in [-0.1, -0.05) is 23.7 Å². The van der Waals surface area contributed by atoms with E-state index in [9.17, 15) is 0 Å². The van der Waals surface area contributed by atoms with Gasteiger partial charge >= 0.3 is 0 Å². The van der Waals surface area contributed by atoms with Crippen LogP contribution in [0.5, 0.6) is 11.5 Å². The maximum atomic E-state index is 6.28. The average molecular weight is 560 g/mol.